The molecule has 0 aromatic heterocycles. The third-order valence-corrected chi connectivity index (χ3v) is 4.27. The number of β-amino-alcohol motifs (C(OH)–C–C–N with tert-alkyl or cyclic N) is 1. The predicted molar refractivity (Wildman–Crippen MR) is 73.0 cm³/mol. The number of rotatable bonds is 6. The summed E-state index contributed by atoms with van der Waals surface area (Å²) in [5.41, 5.74) is 0. The molecule has 94 valence electrons. The molecule has 1 N–H and O–H groups in total. The van der Waals surface area contributed by atoms with E-state index in [-0.39, 0.29) is 6.10 Å². The van der Waals surface area contributed by atoms with Gasteiger partial charge in [-0.05, 0) is 38.5 Å². The first-order valence-electron chi connectivity index (χ1n) is 6.30. The maximum atomic E-state index is 9.89. The number of thioether (sulfide) groups is 1. The fourth-order valence-corrected chi connectivity index (χ4v) is 3.00. The van der Waals surface area contributed by atoms with E-state index in [2.05, 4.69) is 17.7 Å². The summed E-state index contributed by atoms with van der Waals surface area (Å²) in [6.07, 6.45) is 9.62. The van der Waals surface area contributed by atoms with Crippen LogP contribution in [0, 0.1) is 0 Å². The molecule has 0 unspecified atom stereocenters. The molecule has 0 aliphatic carbocycles. The smallest absolute Gasteiger partial charge is 0.0670 e. The van der Waals surface area contributed by atoms with Crippen LogP contribution in [0.1, 0.15) is 32.1 Å². The van der Waals surface area contributed by atoms with Gasteiger partial charge in [-0.2, -0.15) is 11.8 Å². The highest BCUT2D eigenvalue weighted by atomic mass is 32.2. The quantitative estimate of drug-likeness (QED) is 0.725. The lowest BCUT2D eigenvalue weighted by molar-refractivity contribution is 0.108. The molecule has 0 radical (unpaired) electrons. The van der Waals surface area contributed by atoms with Crippen LogP contribution in [0.4, 0.5) is 0 Å². The van der Waals surface area contributed by atoms with E-state index in [1.54, 1.807) is 0 Å². The molecule has 1 heterocycles. The van der Waals surface area contributed by atoms with E-state index in [9.17, 15) is 5.11 Å². The van der Waals surface area contributed by atoms with Gasteiger partial charge in [0.05, 0.1) is 6.10 Å². The van der Waals surface area contributed by atoms with Gasteiger partial charge < -0.3 is 5.11 Å². The van der Waals surface area contributed by atoms with Crippen molar-refractivity contribution >= 4 is 11.8 Å². The first-order valence-corrected chi connectivity index (χ1v) is 7.59. The Morgan fingerprint density at radius 2 is 2.38 bits per heavy atom. The number of allylic oxidation sites excluding steroid dienone is 1. The monoisotopic (exact) mass is 243 g/mol. The second-order valence-electron chi connectivity index (χ2n) is 4.63. The minimum Gasteiger partial charge on any atom is -0.392 e. The number of likely N-dealkylation sites (tertiary alicyclic amines) is 1. The van der Waals surface area contributed by atoms with E-state index >= 15 is 0 Å². The number of aliphatic hydroxyl groups excluding tert-OH is 1. The topological polar surface area (TPSA) is 23.5 Å². The van der Waals surface area contributed by atoms with Crippen LogP contribution in [0.2, 0.25) is 0 Å². The highest BCUT2D eigenvalue weighted by molar-refractivity contribution is 7.99. The number of aliphatic hydroxyl groups is 1. The van der Waals surface area contributed by atoms with Gasteiger partial charge >= 0.3 is 0 Å². The van der Waals surface area contributed by atoms with Crippen molar-refractivity contribution in [1.82, 2.24) is 4.90 Å². The second-order valence-corrected chi connectivity index (χ2v) is 5.77. The molecule has 0 bridgehead atoms. The van der Waals surface area contributed by atoms with Crippen LogP contribution in [0.25, 0.3) is 0 Å². The largest absolute Gasteiger partial charge is 0.392 e. The number of hydrogen-bond donors (Lipinski definition) is 1. The highest BCUT2D eigenvalue weighted by Gasteiger charge is 2.19. The molecule has 3 heteroatoms. The molecule has 0 spiro atoms. The van der Waals surface area contributed by atoms with Gasteiger partial charge in [-0.15, -0.1) is 6.58 Å². The predicted octanol–water partition coefficient (Wildman–Crippen LogP) is 2.53. The Bertz CT molecular complexity index is 198. The Morgan fingerprint density at radius 3 is 3.06 bits per heavy atom. The summed E-state index contributed by atoms with van der Waals surface area (Å²) in [6, 6.07) is 0. The van der Waals surface area contributed by atoms with Gasteiger partial charge in [0.15, 0.2) is 0 Å². The maximum Gasteiger partial charge on any atom is 0.0670 e. The molecular weight excluding hydrogens is 218 g/mol. The summed E-state index contributed by atoms with van der Waals surface area (Å²) in [5, 5.41) is 10.6. The fraction of sp³-hybridized carbons (Fsp3) is 0.846. The Hall–Kier alpha value is 0.0100. The van der Waals surface area contributed by atoms with E-state index in [0.29, 0.717) is 0 Å². The van der Waals surface area contributed by atoms with Crippen molar-refractivity contribution in [2.75, 3.05) is 25.9 Å². The fourth-order valence-electron chi connectivity index (χ4n) is 2.24. The minimum absolute atomic E-state index is 0.182. The number of nitrogens with zero attached hydrogens (tertiary/aromatic N) is 1. The molecule has 1 aliphatic rings. The SMILES string of the molecule is C=CCC[C@@H](O)CN1CCCC[C@@H](SC)C1. The molecule has 0 saturated carbocycles. The third-order valence-electron chi connectivity index (χ3n) is 3.22. The highest BCUT2D eigenvalue weighted by Crippen LogP contribution is 2.20. The molecule has 0 aromatic carbocycles. The van der Waals surface area contributed by atoms with Crippen molar-refractivity contribution in [3.05, 3.63) is 12.7 Å². The number of hydrogen-bond acceptors (Lipinski definition) is 3. The summed E-state index contributed by atoms with van der Waals surface area (Å²) >= 11 is 1.97. The summed E-state index contributed by atoms with van der Waals surface area (Å²) in [5.74, 6) is 0. The molecule has 0 aromatic rings. The van der Waals surface area contributed by atoms with Crippen LogP contribution in [0.3, 0.4) is 0 Å². The Balaban J connectivity index is 2.30. The Morgan fingerprint density at radius 1 is 1.56 bits per heavy atom. The lowest BCUT2D eigenvalue weighted by Crippen LogP contribution is -2.36. The van der Waals surface area contributed by atoms with Crippen LogP contribution in [-0.4, -0.2) is 47.3 Å². The van der Waals surface area contributed by atoms with Gasteiger partial charge in [0.2, 0.25) is 0 Å². The molecular formula is C13H25NOS. The summed E-state index contributed by atoms with van der Waals surface area (Å²) in [6.45, 7) is 6.83. The second kappa shape index (κ2) is 8.15. The van der Waals surface area contributed by atoms with Gasteiger partial charge in [0.1, 0.15) is 0 Å². The average Bonchev–Trinajstić information content (AvgIpc) is 2.51. The molecule has 1 aliphatic heterocycles. The molecule has 1 saturated heterocycles. The molecule has 1 rings (SSSR count). The normalized spacial score (nSPS) is 25.0. The van der Waals surface area contributed by atoms with Gasteiger partial charge in [-0.25, -0.2) is 0 Å². The van der Waals surface area contributed by atoms with E-state index in [0.717, 1.165) is 37.7 Å². The Labute approximate surface area is 104 Å². The van der Waals surface area contributed by atoms with Crippen LogP contribution in [0.5, 0.6) is 0 Å². The van der Waals surface area contributed by atoms with Crippen molar-refractivity contribution < 1.29 is 5.11 Å². The lowest BCUT2D eigenvalue weighted by Gasteiger charge is -2.25. The first kappa shape index (κ1) is 14.1. The van der Waals surface area contributed by atoms with Crippen LogP contribution >= 0.6 is 11.8 Å². The van der Waals surface area contributed by atoms with Crippen LogP contribution in [0.15, 0.2) is 12.7 Å². The first-order chi connectivity index (χ1) is 7.76. The molecule has 2 nitrogen and oxygen atoms in total. The Kier molecular flexibility index (Phi) is 7.17. The maximum absolute atomic E-state index is 9.89. The van der Waals surface area contributed by atoms with Crippen molar-refractivity contribution in [1.29, 1.82) is 0 Å². The van der Waals surface area contributed by atoms with Crippen molar-refractivity contribution in [2.24, 2.45) is 0 Å². The molecule has 1 fully saturated rings. The van der Waals surface area contributed by atoms with Crippen LogP contribution in [-0.2, 0) is 0 Å². The van der Waals surface area contributed by atoms with Gasteiger partial charge in [-0.3, -0.25) is 4.90 Å². The van der Waals surface area contributed by atoms with Crippen LogP contribution < -0.4 is 0 Å². The standard InChI is InChI=1S/C13H25NOS/c1-3-4-7-12(15)10-14-9-6-5-8-13(11-14)16-2/h3,12-13,15H,1,4-11H2,2H3/t12-,13-/m1/s1. The summed E-state index contributed by atoms with van der Waals surface area (Å²) in [7, 11) is 0. The van der Waals surface area contributed by atoms with Gasteiger partial charge in [0, 0.05) is 18.3 Å². The van der Waals surface area contributed by atoms with E-state index in [4.69, 9.17) is 0 Å². The minimum atomic E-state index is -0.182. The summed E-state index contributed by atoms with van der Waals surface area (Å²) < 4.78 is 0. The summed E-state index contributed by atoms with van der Waals surface area (Å²) in [4.78, 5) is 2.43. The third kappa shape index (κ3) is 5.37. The van der Waals surface area contributed by atoms with Crippen molar-refractivity contribution in [3.8, 4) is 0 Å². The zero-order chi connectivity index (χ0) is 11.8. The molecule has 2 atom stereocenters. The molecule has 16 heavy (non-hydrogen) atoms. The van der Waals surface area contributed by atoms with E-state index in [1.165, 1.54) is 19.3 Å². The van der Waals surface area contributed by atoms with Gasteiger partial charge in [0.25, 0.3) is 0 Å². The van der Waals surface area contributed by atoms with Gasteiger partial charge in [-0.1, -0.05) is 12.5 Å². The lowest BCUT2D eigenvalue weighted by atomic mass is 10.2. The van der Waals surface area contributed by atoms with E-state index in [1.807, 2.05) is 17.8 Å². The van der Waals surface area contributed by atoms with Crippen molar-refractivity contribution in [3.63, 3.8) is 0 Å². The van der Waals surface area contributed by atoms with Crippen molar-refractivity contribution in [2.45, 2.75) is 43.5 Å². The zero-order valence-electron chi connectivity index (χ0n) is 10.4. The van der Waals surface area contributed by atoms with E-state index < -0.39 is 0 Å². The molecule has 0 amide bonds. The average molecular weight is 243 g/mol. The zero-order valence-corrected chi connectivity index (χ0v) is 11.2.